The Bertz CT molecular complexity index is 491. The van der Waals surface area contributed by atoms with E-state index in [9.17, 15) is 5.11 Å². The Morgan fingerprint density at radius 3 is 2.12 bits per heavy atom. The van der Waals surface area contributed by atoms with E-state index in [1.807, 2.05) is 12.1 Å². The predicted molar refractivity (Wildman–Crippen MR) is 59.1 cm³/mol. The summed E-state index contributed by atoms with van der Waals surface area (Å²) in [7, 11) is 0. The molecular formula is C12H11NO3Zn. The first-order chi connectivity index (χ1) is 7.83. The van der Waals surface area contributed by atoms with Gasteiger partial charge >= 0.3 is 0 Å². The van der Waals surface area contributed by atoms with Gasteiger partial charge in [0, 0.05) is 30.6 Å². The van der Waals surface area contributed by atoms with Crippen molar-refractivity contribution in [3.05, 3.63) is 48.5 Å². The van der Waals surface area contributed by atoms with Crippen LogP contribution in [0.5, 0.6) is 11.5 Å². The van der Waals surface area contributed by atoms with Gasteiger partial charge in [-0.15, -0.1) is 0 Å². The van der Waals surface area contributed by atoms with Crippen molar-refractivity contribution in [2.45, 2.75) is 0 Å². The minimum Gasteiger partial charge on any atom is -0.507 e. The van der Waals surface area contributed by atoms with Crippen LogP contribution in [0.3, 0.4) is 0 Å². The van der Waals surface area contributed by atoms with Gasteiger partial charge in [-0.05, 0) is 17.8 Å². The van der Waals surface area contributed by atoms with Gasteiger partial charge in [-0.1, -0.05) is 36.4 Å². The molecule has 2 aromatic carbocycles. The molecule has 0 aliphatic heterocycles. The summed E-state index contributed by atoms with van der Waals surface area (Å²) in [5.41, 5.74) is 2.98. The van der Waals surface area contributed by atoms with Gasteiger partial charge in [-0.3, -0.25) is 5.21 Å². The van der Waals surface area contributed by atoms with Crippen LogP contribution in [-0.2, 0) is 19.5 Å². The Balaban J connectivity index is 0.00000144. The van der Waals surface area contributed by atoms with Crippen molar-refractivity contribution in [2.24, 2.45) is 0 Å². The van der Waals surface area contributed by atoms with Crippen LogP contribution >= 0.6 is 0 Å². The quantitative estimate of drug-likeness (QED) is 0.597. The Kier molecular flexibility index (Phi) is 5.10. The second-order valence-corrected chi connectivity index (χ2v) is 3.21. The van der Waals surface area contributed by atoms with E-state index in [1.54, 1.807) is 42.0 Å². The van der Waals surface area contributed by atoms with E-state index in [4.69, 9.17) is 10.0 Å². The van der Waals surface area contributed by atoms with Crippen LogP contribution in [0.25, 0.3) is 11.1 Å². The summed E-state index contributed by atoms with van der Waals surface area (Å²) in [6.07, 6.45) is 0. The van der Waals surface area contributed by atoms with Gasteiger partial charge in [0.25, 0.3) is 0 Å². The average Bonchev–Trinajstić information content (AvgIpc) is 2.31. The maximum absolute atomic E-state index is 9.72. The molecule has 0 bridgehead atoms. The molecule has 0 saturated carbocycles. The van der Waals surface area contributed by atoms with E-state index >= 15 is 0 Å². The van der Waals surface area contributed by atoms with E-state index in [1.165, 1.54) is 0 Å². The molecule has 3 N–H and O–H groups in total. The zero-order chi connectivity index (χ0) is 11.4. The molecule has 0 atom stereocenters. The molecule has 0 amide bonds. The van der Waals surface area contributed by atoms with Crippen molar-refractivity contribution in [1.29, 1.82) is 0 Å². The Labute approximate surface area is 112 Å². The first-order valence-corrected chi connectivity index (χ1v) is 4.76. The number of aromatic hydroxyl groups is 1. The summed E-state index contributed by atoms with van der Waals surface area (Å²) in [4.78, 5) is 4.84. The van der Waals surface area contributed by atoms with Crippen LogP contribution in [0.2, 0.25) is 0 Å². The Hall–Kier alpha value is -1.42. The Morgan fingerprint density at radius 1 is 0.882 bits per heavy atom. The summed E-state index contributed by atoms with van der Waals surface area (Å²) in [5.74, 6) is 0.600. The number of para-hydroxylation sites is 2. The normalized spacial score (nSPS) is 9.47. The first kappa shape index (κ1) is 13.6. The fourth-order valence-corrected chi connectivity index (χ4v) is 1.53. The number of phenols is 1. The van der Waals surface area contributed by atoms with Gasteiger partial charge in [0.15, 0.2) is 5.75 Å². The first-order valence-electron chi connectivity index (χ1n) is 4.76. The largest absolute Gasteiger partial charge is 0.507 e. The fraction of sp³-hybridized carbons (Fsp3) is 0. The molecule has 5 heteroatoms. The van der Waals surface area contributed by atoms with Gasteiger partial charge in [-0.25, -0.2) is 0 Å². The molecule has 84 valence electrons. The van der Waals surface area contributed by atoms with Crippen molar-refractivity contribution in [3.63, 3.8) is 0 Å². The summed E-state index contributed by atoms with van der Waals surface area (Å²) in [6.45, 7) is 0. The molecule has 4 nitrogen and oxygen atoms in total. The smallest absolute Gasteiger partial charge is 0.158 e. The van der Waals surface area contributed by atoms with Crippen LogP contribution in [0.15, 0.2) is 48.5 Å². The molecule has 0 radical (unpaired) electrons. The van der Waals surface area contributed by atoms with Crippen LogP contribution in [0.1, 0.15) is 0 Å². The summed E-state index contributed by atoms with van der Waals surface area (Å²) < 4.78 is 0. The van der Waals surface area contributed by atoms with Crippen LogP contribution in [0.4, 0.5) is 0 Å². The summed E-state index contributed by atoms with van der Waals surface area (Å²) in [6, 6.07) is 14.0. The standard InChI is InChI=1S/C12H11NO3.Zn/c14-11-7-3-1-5-9(11)10-6-2-4-8-12(10)16-13-15;/h1-8,13-15H;. The number of hydrogen-bond donors (Lipinski definition) is 3. The van der Waals surface area contributed by atoms with Crippen LogP contribution in [-0.4, -0.2) is 10.3 Å². The predicted octanol–water partition coefficient (Wildman–Crippen LogP) is 2.33. The third kappa shape index (κ3) is 3.03. The second-order valence-electron chi connectivity index (χ2n) is 3.21. The average molecular weight is 283 g/mol. The van der Waals surface area contributed by atoms with Crippen molar-refractivity contribution in [3.8, 4) is 22.6 Å². The van der Waals surface area contributed by atoms with Gasteiger partial charge in [-0.2, -0.15) is 0 Å². The van der Waals surface area contributed by atoms with E-state index in [-0.39, 0.29) is 25.2 Å². The minimum atomic E-state index is 0. The topological polar surface area (TPSA) is 61.7 Å². The number of hydrogen-bond acceptors (Lipinski definition) is 4. The van der Waals surface area contributed by atoms with E-state index in [0.29, 0.717) is 16.9 Å². The maximum Gasteiger partial charge on any atom is 0.158 e. The monoisotopic (exact) mass is 281 g/mol. The molecule has 0 fully saturated rings. The molecule has 0 saturated heterocycles. The number of nitrogens with one attached hydrogen (secondary N) is 1. The van der Waals surface area contributed by atoms with Gasteiger partial charge in [0.05, 0.1) is 0 Å². The minimum absolute atomic E-state index is 0. The van der Waals surface area contributed by atoms with E-state index in [0.717, 1.165) is 0 Å². The zero-order valence-electron chi connectivity index (χ0n) is 9.13. The molecule has 17 heavy (non-hydrogen) atoms. The van der Waals surface area contributed by atoms with Crippen LogP contribution in [0, 0.1) is 0 Å². The van der Waals surface area contributed by atoms with Crippen molar-refractivity contribution < 1.29 is 34.6 Å². The molecule has 0 aliphatic rings. The summed E-state index contributed by atoms with van der Waals surface area (Å²) >= 11 is 0. The van der Waals surface area contributed by atoms with Crippen molar-refractivity contribution in [1.82, 2.24) is 5.64 Å². The summed E-state index contributed by atoms with van der Waals surface area (Å²) in [5, 5.41) is 18.2. The molecule has 0 heterocycles. The number of phenolic OH excluding ortho intramolecular Hbond substituents is 1. The Morgan fingerprint density at radius 2 is 1.47 bits per heavy atom. The third-order valence-corrected chi connectivity index (χ3v) is 2.24. The third-order valence-electron chi connectivity index (χ3n) is 2.24. The molecule has 2 aromatic rings. The second kappa shape index (κ2) is 6.35. The maximum atomic E-state index is 9.72. The zero-order valence-corrected chi connectivity index (χ0v) is 12.1. The van der Waals surface area contributed by atoms with E-state index < -0.39 is 0 Å². The van der Waals surface area contributed by atoms with Crippen molar-refractivity contribution >= 4 is 0 Å². The molecular weight excluding hydrogens is 272 g/mol. The van der Waals surface area contributed by atoms with Crippen molar-refractivity contribution in [2.75, 3.05) is 0 Å². The fourth-order valence-electron chi connectivity index (χ4n) is 1.53. The SMILES string of the molecule is ONOc1ccccc1-c1ccccc1O.[Zn]. The number of rotatable bonds is 3. The molecule has 0 unspecified atom stereocenters. The molecule has 0 aromatic heterocycles. The molecule has 0 spiro atoms. The van der Waals surface area contributed by atoms with Crippen LogP contribution < -0.4 is 10.5 Å². The van der Waals surface area contributed by atoms with Gasteiger partial charge < -0.3 is 9.94 Å². The number of benzene rings is 2. The molecule has 0 aliphatic carbocycles. The molecule has 2 rings (SSSR count). The van der Waals surface area contributed by atoms with Gasteiger partial charge in [0.2, 0.25) is 0 Å². The van der Waals surface area contributed by atoms with E-state index in [2.05, 4.69) is 0 Å². The van der Waals surface area contributed by atoms with Gasteiger partial charge in [0.1, 0.15) is 5.75 Å².